The molecule has 7 heavy (non-hydrogen) atoms. The molecule has 0 aromatic heterocycles. The van der Waals surface area contributed by atoms with Crippen molar-refractivity contribution in [2.24, 2.45) is 0 Å². The highest BCUT2D eigenvalue weighted by Crippen LogP contribution is 1.83. The first kappa shape index (κ1) is 6.08. The molecule has 2 nitrogen and oxygen atoms in total. The Morgan fingerprint density at radius 2 is 2.29 bits per heavy atom. The molecule has 0 fully saturated rings. The third-order valence-electron chi connectivity index (χ3n) is 0.538. The largest absolute Gasteiger partial charge is 0.870 e. The maximum Gasteiger partial charge on any atom is 0.191 e. The summed E-state index contributed by atoms with van der Waals surface area (Å²) in [6.45, 7) is 6.08. The van der Waals surface area contributed by atoms with E-state index in [2.05, 4.69) is 13.5 Å². The molecule has 0 bridgehead atoms. The van der Waals surface area contributed by atoms with E-state index in [1.807, 2.05) is 0 Å². The second-order valence-electron chi connectivity index (χ2n) is 1.10. The maximum absolute atomic E-state index is 10.0. The zero-order valence-corrected chi connectivity index (χ0v) is 3.94. The van der Waals surface area contributed by atoms with Gasteiger partial charge in [0.05, 0.1) is 6.92 Å². The van der Waals surface area contributed by atoms with Crippen LogP contribution in [-0.2, 0) is 4.79 Å². The molecule has 2 heteroatoms. The van der Waals surface area contributed by atoms with E-state index in [-0.39, 0.29) is 6.42 Å². The van der Waals surface area contributed by atoms with Gasteiger partial charge in [-0.1, -0.05) is 5.76 Å². The van der Waals surface area contributed by atoms with E-state index in [9.17, 15) is 9.90 Å². The third-order valence-corrected chi connectivity index (χ3v) is 0.538. The maximum atomic E-state index is 10.0. The molecule has 0 aromatic rings. The summed E-state index contributed by atoms with van der Waals surface area (Å²) in [5, 5.41) is 9.87. The molecule has 0 saturated carbocycles. The van der Waals surface area contributed by atoms with E-state index < -0.39 is 11.5 Å². The minimum atomic E-state index is -0.657. The van der Waals surface area contributed by atoms with E-state index in [0.717, 1.165) is 0 Å². The van der Waals surface area contributed by atoms with E-state index in [0.29, 0.717) is 0 Å². The molecule has 0 rings (SSSR count). The van der Waals surface area contributed by atoms with Gasteiger partial charge in [-0.05, 0) is 0 Å². The third kappa shape index (κ3) is 1.87. The second-order valence-corrected chi connectivity index (χ2v) is 1.10. The molecular weight excluding hydrogens is 92.1 g/mol. The van der Waals surface area contributed by atoms with Gasteiger partial charge in [-0.2, -0.15) is 0 Å². The lowest BCUT2D eigenvalue weighted by atomic mass is 10.3. The van der Waals surface area contributed by atoms with Crippen LogP contribution in [0.2, 0.25) is 0 Å². The lowest BCUT2D eigenvalue weighted by Gasteiger charge is -1.99. The van der Waals surface area contributed by atoms with Gasteiger partial charge >= 0.3 is 0 Å². The Morgan fingerprint density at radius 1 is 1.86 bits per heavy atom. The Labute approximate surface area is 42.5 Å². The fraction of sp³-hybridized carbons (Fsp3) is 0.200. The van der Waals surface area contributed by atoms with Crippen LogP contribution in [0.3, 0.4) is 0 Å². The fourth-order valence-electron chi connectivity index (χ4n) is 0.139. The summed E-state index contributed by atoms with van der Waals surface area (Å²) in [5.74, 6) is -1.17. The predicted molar refractivity (Wildman–Crippen MR) is 24.1 cm³/mol. The zero-order chi connectivity index (χ0) is 5.86. The molecule has 0 N–H and O–H groups in total. The Hall–Kier alpha value is -0.920. The molecule has 0 aliphatic rings. The fourth-order valence-corrected chi connectivity index (χ4v) is 0.139. The summed E-state index contributed by atoms with van der Waals surface area (Å²) in [5.41, 5.74) is 0. The van der Waals surface area contributed by atoms with Crippen LogP contribution in [0.1, 0.15) is 6.42 Å². The highest BCUT2D eigenvalue weighted by atomic mass is 16.3. The van der Waals surface area contributed by atoms with Crippen LogP contribution >= 0.6 is 0 Å². The zero-order valence-electron chi connectivity index (χ0n) is 3.94. The van der Waals surface area contributed by atoms with Gasteiger partial charge in [0.15, 0.2) is 5.78 Å². The summed E-state index contributed by atoms with van der Waals surface area (Å²) >= 11 is 0. The first-order chi connectivity index (χ1) is 3.18. The lowest BCUT2D eigenvalue weighted by Crippen LogP contribution is -2.11. The topological polar surface area (TPSA) is 40.1 Å². The van der Waals surface area contributed by atoms with Gasteiger partial charge < -0.3 is 5.11 Å². The molecule has 0 spiro atoms. The smallest absolute Gasteiger partial charge is 0.191 e. The van der Waals surface area contributed by atoms with Gasteiger partial charge in [0, 0.05) is 0 Å². The van der Waals surface area contributed by atoms with Crippen molar-refractivity contribution in [2.75, 3.05) is 0 Å². The van der Waals surface area contributed by atoms with Crippen LogP contribution in [0.5, 0.6) is 0 Å². The van der Waals surface area contributed by atoms with Crippen molar-refractivity contribution in [2.45, 2.75) is 6.42 Å². The average molecular weight is 98.1 g/mol. The molecule has 38 valence electrons. The standard InChI is InChI=1S/C5H6O2/c1-3-5(7)4(2)6/h1-3H2. The monoisotopic (exact) mass is 98.0 g/mol. The number of carbonyl (C=O) groups is 1. The number of rotatable bonds is 2. The van der Waals surface area contributed by atoms with Gasteiger partial charge in [-0.25, -0.2) is 0 Å². The number of hydrogen-bond acceptors (Lipinski definition) is 2. The predicted octanol–water partition coefficient (Wildman–Crippen LogP) is -0.346. The summed E-state index contributed by atoms with van der Waals surface area (Å²) in [6, 6.07) is 0. The summed E-state index contributed by atoms with van der Waals surface area (Å²) in [6.07, 6.45) is 0.0162. The van der Waals surface area contributed by atoms with Crippen molar-refractivity contribution >= 4 is 5.78 Å². The quantitative estimate of drug-likeness (QED) is 0.269. The van der Waals surface area contributed by atoms with E-state index >= 15 is 0 Å². The summed E-state index contributed by atoms with van der Waals surface area (Å²) < 4.78 is 0. The van der Waals surface area contributed by atoms with E-state index in [4.69, 9.17) is 0 Å². The molecule has 0 aliphatic heterocycles. The van der Waals surface area contributed by atoms with E-state index in [1.165, 1.54) is 0 Å². The van der Waals surface area contributed by atoms with Gasteiger partial charge in [0.25, 0.3) is 0 Å². The molecule has 0 amide bonds. The molecule has 0 atom stereocenters. The Balaban J connectivity index is 3.58. The molecule has 0 saturated heterocycles. The van der Waals surface area contributed by atoms with Gasteiger partial charge in [0.1, 0.15) is 6.42 Å². The molecule has 0 aliphatic carbocycles. The normalized spacial score (nSPS) is 8.00. The number of carbonyl (C=O) groups excluding carboxylic acids is 1. The van der Waals surface area contributed by atoms with Crippen molar-refractivity contribution in [1.82, 2.24) is 0 Å². The van der Waals surface area contributed by atoms with E-state index in [1.54, 1.807) is 0 Å². The van der Waals surface area contributed by atoms with Gasteiger partial charge in [-0.3, -0.25) is 4.79 Å². The van der Waals surface area contributed by atoms with Crippen LogP contribution in [0.15, 0.2) is 12.3 Å². The van der Waals surface area contributed by atoms with Crippen molar-refractivity contribution in [3.05, 3.63) is 19.3 Å². The van der Waals surface area contributed by atoms with Crippen LogP contribution in [0, 0.1) is 6.92 Å². The number of allylic oxidation sites excluding steroid dienone is 1. The van der Waals surface area contributed by atoms with Crippen molar-refractivity contribution in [1.29, 1.82) is 0 Å². The Kier molecular flexibility index (Phi) is 1.99. The number of hydrogen-bond donors (Lipinski definition) is 0. The first-order valence-electron chi connectivity index (χ1n) is 1.87. The Morgan fingerprint density at radius 3 is 2.29 bits per heavy atom. The second kappa shape index (κ2) is 2.29. The minimum absolute atomic E-state index is 0.0162. The SMILES string of the molecule is C=C([O-])C(=O)C[CH2+]. The minimum Gasteiger partial charge on any atom is -0.870 e. The Bertz CT molecular complexity index is 94.3. The molecular formula is C5H6O2. The first-order valence-corrected chi connectivity index (χ1v) is 1.87. The lowest BCUT2D eigenvalue weighted by molar-refractivity contribution is -0.297. The van der Waals surface area contributed by atoms with Gasteiger partial charge in [-0.15, -0.1) is 6.58 Å². The van der Waals surface area contributed by atoms with Gasteiger partial charge in [0.2, 0.25) is 0 Å². The molecule has 0 radical (unpaired) electrons. The highest BCUT2D eigenvalue weighted by Gasteiger charge is 1.93. The molecule has 0 unspecified atom stereocenters. The summed E-state index contributed by atoms with van der Waals surface area (Å²) in [4.78, 5) is 10.0. The highest BCUT2D eigenvalue weighted by molar-refractivity contribution is 5.92. The van der Waals surface area contributed by atoms with Crippen molar-refractivity contribution < 1.29 is 9.90 Å². The van der Waals surface area contributed by atoms with Crippen molar-refractivity contribution in [3.63, 3.8) is 0 Å². The van der Waals surface area contributed by atoms with Crippen LogP contribution in [0.25, 0.3) is 0 Å². The van der Waals surface area contributed by atoms with Crippen molar-refractivity contribution in [3.8, 4) is 0 Å². The molecule has 0 aromatic carbocycles. The van der Waals surface area contributed by atoms with Crippen LogP contribution < -0.4 is 5.11 Å². The number of ketones is 1. The summed E-state index contributed by atoms with van der Waals surface area (Å²) in [7, 11) is 0. The number of Topliss-reactive ketones (excluding diaryl/α,β-unsaturated/α-hetero) is 1. The van der Waals surface area contributed by atoms with Crippen LogP contribution in [-0.4, -0.2) is 5.78 Å². The van der Waals surface area contributed by atoms with Crippen LogP contribution in [0.4, 0.5) is 0 Å². The average Bonchev–Trinajstić information content (AvgIpc) is 1.65. The molecule has 0 heterocycles.